The Morgan fingerprint density at radius 2 is 2.10 bits per heavy atom. The van der Waals surface area contributed by atoms with Gasteiger partial charge in [0.2, 0.25) is 0 Å². The van der Waals surface area contributed by atoms with Gasteiger partial charge in [-0.1, -0.05) is 0 Å². The van der Waals surface area contributed by atoms with Crippen LogP contribution in [0.5, 0.6) is 0 Å². The van der Waals surface area contributed by atoms with Crippen molar-refractivity contribution in [2.24, 2.45) is 0 Å². The van der Waals surface area contributed by atoms with Crippen LogP contribution in [0.1, 0.15) is 20.8 Å². The van der Waals surface area contributed by atoms with Crippen molar-refractivity contribution < 1.29 is 4.79 Å². The Morgan fingerprint density at radius 1 is 1.50 bits per heavy atom. The predicted octanol–water partition coefficient (Wildman–Crippen LogP) is 0.982. The van der Waals surface area contributed by atoms with Gasteiger partial charge in [-0.15, -0.1) is 0 Å². The summed E-state index contributed by atoms with van der Waals surface area (Å²) < 4.78 is 0. The fourth-order valence-corrected chi connectivity index (χ4v) is 1.12. The molecule has 0 aliphatic carbocycles. The molecule has 0 radical (unpaired) electrons. The van der Waals surface area contributed by atoms with Crippen molar-refractivity contribution >= 4 is 6.03 Å². The molecule has 2 N–H and O–H groups in total. The molecule has 1 aliphatic rings. The summed E-state index contributed by atoms with van der Waals surface area (Å²) in [7, 11) is 0. The van der Waals surface area contributed by atoms with E-state index in [0.717, 1.165) is 5.70 Å². The molecular formula is C7H12N2O. The van der Waals surface area contributed by atoms with Crippen molar-refractivity contribution in [3.8, 4) is 0 Å². The van der Waals surface area contributed by atoms with Crippen LogP contribution in [-0.4, -0.2) is 11.6 Å². The first-order chi connectivity index (χ1) is 4.49. The SMILES string of the molecule is CC1=CC(C)(C)NC(=O)N1. The number of allylic oxidation sites excluding steroid dienone is 1. The van der Waals surface area contributed by atoms with E-state index in [4.69, 9.17) is 0 Å². The van der Waals surface area contributed by atoms with E-state index in [2.05, 4.69) is 10.6 Å². The lowest BCUT2D eigenvalue weighted by Gasteiger charge is -2.28. The lowest BCUT2D eigenvalue weighted by atomic mass is 10.0. The highest BCUT2D eigenvalue weighted by atomic mass is 16.2. The Kier molecular flexibility index (Phi) is 1.43. The number of hydrogen-bond acceptors (Lipinski definition) is 1. The van der Waals surface area contributed by atoms with Gasteiger partial charge < -0.3 is 10.6 Å². The molecule has 0 saturated heterocycles. The Hall–Kier alpha value is -0.990. The van der Waals surface area contributed by atoms with Gasteiger partial charge in [0.15, 0.2) is 0 Å². The highest BCUT2D eigenvalue weighted by molar-refractivity contribution is 5.78. The molecule has 0 unspecified atom stereocenters. The van der Waals surface area contributed by atoms with E-state index in [9.17, 15) is 4.79 Å². The normalized spacial score (nSPS) is 22.7. The molecule has 3 heteroatoms. The topological polar surface area (TPSA) is 41.1 Å². The first-order valence-corrected chi connectivity index (χ1v) is 3.28. The standard InChI is InChI=1S/C7H12N2O/c1-5-4-7(2,3)9-6(10)8-5/h4H,1-3H3,(H2,8,9,10). The van der Waals surface area contributed by atoms with Crippen LogP contribution in [0, 0.1) is 0 Å². The van der Waals surface area contributed by atoms with Gasteiger partial charge in [-0.05, 0) is 26.8 Å². The zero-order chi connectivity index (χ0) is 7.78. The first-order valence-electron chi connectivity index (χ1n) is 3.28. The van der Waals surface area contributed by atoms with Crippen molar-refractivity contribution in [2.75, 3.05) is 0 Å². The van der Waals surface area contributed by atoms with E-state index in [0.29, 0.717) is 0 Å². The van der Waals surface area contributed by atoms with Crippen molar-refractivity contribution in [1.82, 2.24) is 10.6 Å². The Balaban J connectivity index is 2.83. The predicted molar refractivity (Wildman–Crippen MR) is 39.5 cm³/mol. The van der Waals surface area contributed by atoms with Crippen LogP contribution in [0.4, 0.5) is 4.79 Å². The zero-order valence-electron chi connectivity index (χ0n) is 6.49. The Bertz CT molecular complexity index is 194. The van der Waals surface area contributed by atoms with Crippen molar-refractivity contribution in [1.29, 1.82) is 0 Å². The quantitative estimate of drug-likeness (QED) is 0.517. The number of carbonyl (C=O) groups excluding carboxylic acids is 1. The third-order valence-corrected chi connectivity index (χ3v) is 1.32. The number of hydrogen-bond donors (Lipinski definition) is 2. The van der Waals surface area contributed by atoms with Gasteiger partial charge in [-0.25, -0.2) is 4.79 Å². The molecular weight excluding hydrogens is 128 g/mol. The second-order valence-corrected chi connectivity index (χ2v) is 3.13. The smallest absolute Gasteiger partial charge is 0.319 e. The summed E-state index contributed by atoms with van der Waals surface area (Å²) in [6, 6.07) is -0.120. The average molecular weight is 140 g/mol. The molecule has 3 nitrogen and oxygen atoms in total. The molecule has 1 heterocycles. The zero-order valence-corrected chi connectivity index (χ0v) is 6.49. The van der Waals surface area contributed by atoms with Crippen LogP contribution in [0.15, 0.2) is 11.8 Å². The fourth-order valence-electron chi connectivity index (χ4n) is 1.12. The average Bonchev–Trinajstić information content (AvgIpc) is 1.54. The molecule has 0 spiro atoms. The van der Waals surface area contributed by atoms with Crippen LogP contribution in [0.25, 0.3) is 0 Å². The molecule has 2 amide bonds. The molecule has 0 saturated carbocycles. The molecule has 56 valence electrons. The number of amides is 2. The number of urea groups is 1. The third kappa shape index (κ3) is 1.50. The summed E-state index contributed by atoms with van der Waals surface area (Å²) in [6.45, 7) is 5.78. The fraction of sp³-hybridized carbons (Fsp3) is 0.571. The molecule has 0 fully saturated rings. The summed E-state index contributed by atoms with van der Waals surface area (Å²) in [5.41, 5.74) is 0.709. The summed E-state index contributed by atoms with van der Waals surface area (Å²) in [4.78, 5) is 10.8. The molecule has 0 atom stereocenters. The maximum absolute atomic E-state index is 10.8. The van der Waals surface area contributed by atoms with Crippen LogP contribution in [-0.2, 0) is 0 Å². The number of rotatable bonds is 0. The number of carbonyl (C=O) groups is 1. The minimum atomic E-state index is -0.202. The van der Waals surface area contributed by atoms with Crippen LogP contribution in [0.3, 0.4) is 0 Å². The summed E-state index contributed by atoms with van der Waals surface area (Å²) in [6.07, 6.45) is 1.98. The molecule has 0 bridgehead atoms. The van der Waals surface area contributed by atoms with E-state index in [1.54, 1.807) is 0 Å². The van der Waals surface area contributed by atoms with Crippen molar-refractivity contribution in [2.45, 2.75) is 26.3 Å². The Morgan fingerprint density at radius 3 is 2.50 bits per heavy atom. The van der Waals surface area contributed by atoms with Crippen LogP contribution < -0.4 is 10.6 Å². The molecule has 10 heavy (non-hydrogen) atoms. The monoisotopic (exact) mass is 140 g/mol. The summed E-state index contributed by atoms with van der Waals surface area (Å²) in [5.74, 6) is 0. The number of nitrogens with one attached hydrogen (secondary N) is 2. The largest absolute Gasteiger partial charge is 0.329 e. The van der Waals surface area contributed by atoms with Crippen molar-refractivity contribution in [3.05, 3.63) is 11.8 Å². The maximum atomic E-state index is 10.8. The van der Waals surface area contributed by atoms with E-state index >= 15 is 0 Å². The molecule has 0 aromatic carbocycles. The maximum Gasteiger partial charge on any atom is 0.319 e. The van der Waals surface area contributed by atoms with Crippen LogP contribution in [0.2, 0.25) is 0 Å². The molecule has 1 aliphatic heterocycles. The highest BCUT2D eigenvalue weighted by Gasteiger charge is 2.21. The highest BCUT2D eigenvalue weighted by Crippen LogP contribution is 2.10. The molecule has 0 aromatic heterocycles. The second kappa shape index (κ2) is 2.01. The Labute approximate surface area is 60.5 Å². The minimum Gasteiger partial charge on any atom is -0.329 e. The summed E-state index contributed by atoms with van der Waals surface area (Å²) in [5, 5.41) is 5.41. The molecule has 1 rings (SSSR count). The first kappa shape index (κ1) is 7.12. The lowest BCUT2D eigenvalue weighted by Crippen LogP contribution is -2.51. The van der Waals surface area contributed by atoms with E-state index < -0.39 is 0 Å². The van der Waals surface area contributed by atoms with Gasteiger partial charge in [-0.3, -0.25) is 0 Å². The van der Waals surface area contributed by atoms with Crippen LogP contribution >= 0.6 is 0 Å². The van der Waals surface area contributed by atoms with Gasteiger partial charge in [0, 0.05) is 5.70 Å². The second-order valence-electron chi connectivity index (χ2n) is 3.13. The van der Waals surface area contributed by atoms with Gasteiger partial charge >= 0.3 is 6.03 Å². The minimum absolute atomic E-state index is 0.120. The van der Waals surface area contributed by atoms with Gasteiger partial charge in [-0.2, -0.15) is 0 Å². The van der Waals surface area contributed by atoms with E-state index in [-0.39, 0.29) is 11.6 Å². The summed E-state index contributed by atoms with van der Waals surface area (Å²) >= 11 is 0. The lowest BCUT2D eigenvalue weighted by molar-refractivity contribution is 0.234. The van der Waals surface area contributed by atoms with Gasteiger partial charge in [0.1, 0.15) is 0 Å². The van der Waals surface area contributed by atoms with Gasteiger partial charge in [0.05, 0.1) is 5.54 Å². The van der Waals surface area contributed by atoms with E-state index in [1.807, 2.05) is 26.8 Å². The molecule has 0 aromatic rings. The van der Waals surface area contributed by atoms with E-state index in [1.165, 1.54) is 0 Å². The van der Waals surface area contributed by atoms with Gasteiger partial charge in [0.25, 0.3) is 0 Å². The third-order valence-electron chi connectivity index (χ3n) is 1.32. The van der Waals surface area contributed by atoms with Crippen molar-refractivity contribution in [3.63, 3.8) is 0 Å².